The van der Waals surface area contributed by atoms with E-state index in [4.69, 9.17) is 4.74 Å². The van der Waals surface area contributed by atoms with E-state index in [-0.39, 0.29) is 5.54 Å². The molecular weight excluding hydrogens is 246 g/mol. The Hall–Kier alpha value is -1.28. The Labute approximate surface area is 123 Å². The third kappa shape index (κ3) is 3.86. The summed E-state index contributed by atoms with van der Waals surface area (Å²) >= 11 is 0. The van der Waals surface area contributed by atoms with Crippen molar-refractivity contribution in [1.29, 1.82) is 0 Å². The van der Waals surface area contributed by atoms with Crippen LogP contribution < -0.4 is 0 Å². The van der Waals surface area contributed by atoms with Gasteiger partial charge in [0.15, 0.2) is 0 Å². The van der Waals surface area contributed by atoms with Gasteiger partial charge in [0.25, 0.3) is 0 Å². The van der Waals surface area contributed by atoms with Gasteiger partial charge in [0, 0.05) is 18.1 Å². The van der Waals surface area contributed by atoms with Crippen molar-refractivity contribution in [2.75, 3.05) is 13.7 Å². The first-order chi connectivity index (χ1) is 9.50. The Morgan fingerprint density at radius 2 is 1.95 bits per heavy atom. The van der Waals surface area contributed by atoms with Gasteiger partial charge in [0.05, 0.1) is 13.4 Å². The molecule has 1 unspecified atom stereocenters. The standard InChI is InChI=1S/C18H27NO/c1-18(2,3)19-11-10-16(14-20-4)13-17(19)12-15-8-6-5-7-9-15/h5-9,14,17H,10-13H2,1-4H3. The molecule has 0 radical (unpaired) electrons. The molecule has 1 aliphatic heterocycles. The van der Waals surface area contributed by atoms with E-state index in [1.54, 1.807) is 7.11 Å². The fraction of sp³-hybridized carbons (Fsp3) is 0.556. The molecule has 2 heteroatoms. The van der Waals surface area contributed by atoms with Crippen LogP contribution in [-0.2, 0) is 11.2 Å². The first-order valence-electron chi connectivity index (χ1n) is 7.52. The molecule has 1 fully saturated rings. The lowest BCUT2D eigenvalue weighted by Crippen LogP contribution is -2.51. The van der Waals surface area contributed by atoms with E-state index in [0.29, 0.717) is 6.04 Å². The molecule has 0 N–H and O–H groups in total. The number of rotatable bonds is 3. The van der Waals surface area contributed by atoms with Gasteiger partial charge in [-0.25, -0.2) is 0 Å². The topological polar surface area (TPSA) is 12.5 Å². The van der Waals surface area contributed by atoms with Crippen LogP contribution >= 0.6 is 0 Å². The lowest BCUT2D eigenvalue weighted by Gasteiger charge is -2.45. The summed E-state index contributed by atoms with van der Waals surface area (Å²) in [6.07, 6.45) is 5.29. The third-order valence-electron chi connectivity index (χ3n) is 4.07. The van der Waals surface area contributed by atoms with Gasteiger partial charge < -0.3 is 4.74 Å². The van der Waals surface area contributed by atoms with E-state index >= 15 is 0 Å². The summed E-state index contributed by atoms with van der Waals surface area (Å²) < 4.78 is 5.22. The minimum Gasteiger partial charge on any atom is -0.504 e. The number of benzene rings is 1. The van der Waals surface area contributed by atoms with E-state index in [0.717, 1.165) is 25.8 Å². The maximum atomic E-state index is 5.22. The summed E-state index contributed by atoms with van der Waals surface area (Å²) in [5.41, 5.74) is 3.08. The van der Waals surface area contributed by atoms with Crippen molar-refractivity contribution in [3.63, 3.8) is 0 Å². The van der Waals surface area contributed by atoms with E-state index in [2.05, 4.69) is 56.0 Å². The largest absolute Gasteiger partial charge is 0.504 e. The lowest BCUT2D eigenvalue weighted by molar-refractivity contribution is 0.0661. The molecule has 110 valence electrons. The van der Waals surface area contributed by atoms with Crippen molar-refractivity contribution in [3.05, 3.63) is 47.7 Å². The molecule has 1 heterocycles. The lowest BCUT2D eigenvalue weighted by atomic mass is 9.88. The first-order valence-corrected chi connectivity index (χ1v) is 7.52. The number of nitrogens with zero attached hydrogens (tertiary/aromatic N) is 1. The van der Waals surface area contributed by atoms with Crippen LogP contribution in [0.25, 0.3) is 0 Å². The van der Waals surface area contributed by atoms with Gasteiger partial charge in [-0.2, -0.15) is 0 Å². The second-order valence-corrected chi connectivity index (χ2v) is 6.67. The van der Waals surface area contributed by atoms with Crippen LogP contribution in [0.4, 0.5) is 0 Å². The third-order valence-corrected chi connectivity index (χ3v) is 4.07. The monoisotopic (exact) mass is 273 g/mol. The van der Waals surface area contributed by atoms with Gasteiger partial charge in [-0.15, -0.1) is 0 Å². The minimum absolute atomic E-state index is 0.220. The molecule has 1 aromatic rings. The molecule has 1 aliphatic rings. The fourth-order valence-corrected chi connectivity index (χ4v) is 3.19. The van der Waals surface area contributed by atoms with Crippen LogP contribution in [0.15, 0.2) is 42.2 Å². The zero-order valence-electron chi connectivity index (χ0n) is 13.2. The summed E-state index contributed by atoms with van der Waals surface area (Å²) in [4.78, 5) is 2.65. The van der Waals surface area contributed by atoms with Gasteiger partial charge in [-0.05, 0) is 51.2 Å². The Morgan fingerprint density at radius 1 is 1.25 bits per heavy atom. The van der Waals surface area contributed by atoms with Crippen molar-refractivity contribution in [1.82, 2.24) is 4.90 Å². The zero-order valence-corrected chi connectivity index (χ0v) is 13.2. The molecule has 20 heavy (non-hydrogen) atoms. The number of piperidine rings is 1. The van der Waals surface area contributed by atoms with Crippen molar-refractivity contribution in [2.24, 2.45) is 0 Å². The van der Waals surface area contributed by atoms with E-state index < -0.39 is 0 Å². The SMILES string of the molecule is COC=C1CCN(C(C)(C)C)C(Cc2ccccc2)C1. The van der Waals surface area contributed by atoms with Crippen LogP contribution in [0.1, 0.15) is 39.2 Å². The molecule has 0 bridgehead atoms. The molecule has 0 saturated carbocycles. The molecule has 0 aromatic heterocycles. The number of hydrogen-bond acceptors (Lipinski definition) is 2. The minimum atomic E-state index is 0.220. The predicted molar refractivity (Wildman–Crippen MR) is 84.7 cm³/mol. The van der Waals surface area contributed by atoms with E-state index in [1.807, 2.05) is 6.26 Å². The highest BCUT2D eigenvalue weighted by atomic mass is 16.5. The van der Waals surface area contributed by atoms with Gasteiger partial charge >= 0.3 is 0 Å². The van der Waals surface area contributed by atoms with Gasteiger partial charge in [-0.3, -0.25) is 4.90 Å². The second kappa shape index (κ2) is 6.45. The average molecular weight is 273 g/mol. The number of ether oxygens (including phenoxy) is 1. The number of hydrogen-bond donors (Lipinski definition) is 0. The predicted octanol–water partition coefficient (Wildman–Crippen LogP) is 4.02. The molecule has 0 aliphatic carbocycles. The van der Waals surface area contributed by atoms with Gasteiger partial charge in [0.2, 0.25) is 0 Å². The van der Waals surface area contributed by atoms with Crippen LogP contribution in [0.3, 0.4) is 0 Å². The molecule has 1 saturated heterocycles. The molecule has 2 nitrogen and oxygen atoms in total. The molecule has 0 spiro atoms. The fourth-order valence-electron chi connectivity index (χ4n) is 3.19. The average Bonchev–Trinajstić information content (AvgIpc) is 2.39. The smallest absolute Gasteiger partial charge is 0.0817 e. The highest BCUT2D eigenvalue weighted by Gasteiger charge is 2.32. The maximum Gasteiger partial charge on any atom is 0.0817 e. The Balaban J connectivity index is 2.15. The molecular formula is C18H27NO. The zero-order chi connectivity index (χ0) is 14.6. The quantitative estimate of drug-likeness (QED) is 0.771. The summed E-state index contributed by atoms with van der Waals surface area (Å²) in [6.45, 7) is 8.07. The highest BCUT2D eigenvalue weighted by Crippen LogP contribution is 2.30. The Morgan fingerprint density at radius 3 is 2.55 bits per heavy atom. The molecule has 2 rings (SSSR count). The van der Waals surface area contributed by atoms with Crippen LogP contribution in [0, 0.1) is 0 Å². The highest BCUT2D eigenvalue weighted by molar-refractivity contribution is 5.18. The molecule has 1 aromatic carbocycles. The van der Waals surface area contributed by atoms with Crippen LogP contribution in [-0.4, -0.2) is 30.1 Å². The summed E-state index contributed by atoms with van der Waals surface area (Å²) in [5, 5.41) is 0. The maximum absolute atomic E-state index is 5.22. The van der Waals surface area contributed by atoms with Crippen molar-refractivity contribution in [3.8, 4) is 0 Å². The Bertz CT molecular complexity index is 444. The molecule has 0 amide bonds. The summed E-state index contributed by atoms with van der Waals surface area (Å²) in [7, 11) is 1.75. The van der Waals surface area contributed by atoms with Crippen LogP contribution in [0.5, 0.6) is 0 Å². The second-order valence-electron chi connectivity index (χ2n) is 6.67. The normalized spacial score (nSPS) is 23.0. The van der Waals surface area contributed by atoms with Crippen molar-refractivity contribution >= 4 is 0 Å². The Kier molecular flexibility index (Phi) is 4.87. The molecule has 1 atom stereocenters. The number of methoxy groups -OCH3 is 1. The van der Waals surface area contributed by atoms with Gasteiger partial charge in [0.1, 0.15) is 0 Å². The van der Waals surface area contributed by atoms with E-state index in [9.17, 15) is 0 Å². The van der Waals surface area contributed by atoms with Crippen molar-refractivity contribution in [2.45, 2.75) is 51.6 Å². The van der Waals surface area contributed by atoms with Crippen molar-refractivity contribution < 1.29 is 4.74 Å². The summed E-state index contributed by atoms with van der Waals surface area (Å²) in [6, 6.07) is 11.4. The van der Waals surface area contributed by atoms with Gasteiger partial charge in [-0.1, -0.05) is 30.3 Å². The first kappa shape index (κ1) is 15.1. The summed E-state index contributed by atoms with van der Waals surface area (Å²) in [5.74, 6) is 0. The van der Waals surface area contributed by atoms with Crippen LogP contribution in [0.2, 0.25) is 0 Å². The number of likely N-dealkylation sites (tertiary alicyclic amines) is 1. The van der Waals surface area contributed by atoms with E-state index in [1.165, 1.54) is 11.1 Å².